The summed E-state index contributed by atoms with van der Waals surface area (Å²) in [5, 5.41) is 1.17. The van der Waals surface area contributed by atoms with Gasteiger partial charge in [-0.25, -0.2) is 4.98 Å². The summed E-state index contributed by atoms with van der Waals surface area (Å²) in [6.07, 6.45) is 5.15. The van der Waals surface area contributed by atoms with Crippen molar-refractivity contribution in [3.63, 3.8) is 0 Å². The third-order valence-electron chi connectivity index (χ3n) is 4.54. The number of pyridine rings is 2. The normalized spacial score (nSPS) is 13.3. The predicted octanol–water partition coefficient (Wildman–Crippen LogP) is 4.77. The second kappa shape index (κ2) is 4.75. The molecule has 0 unspecified atom stereocenters. The van der Waals surface area contributed by atoms with Crippen LogP contribution in [0.3, 0.4) is 0 Å². The van der Waals surface area contributed by atoms with Gasteiger partial charge in [0.2, 0.25) is 0 Å². The molecule has 0 N–H and O–H groups in total. The van der Waals surface area contributed by atoms with E-state index in [1.807, 2.05) is 24.4 Å². The summed E-state index contributed by atoms with van der Waals surface area (Å²) in [6, 6.07) is 21.0. The van der Waals surface area contributed by atoms with Crippen LogP contribution in [0.1, 0.15) is 16.7 Å². The Balaban J connectivity index is 1.93. The molecule has 23 heavy (non-hydrogen) atoms. The highest BCUT2D eigenvalue weighted by atomic mass is 14.8. The molecule has 1 aliphatic carbocycles. The van der Waals surface area contributed by atoms with Gasteiger partial charge in [0.15, 0.2) is 0 Å². The summed E-state index contributed by atoms with van der Waals surface area (Å²) in [5.41, 5.74) is 8.14. The molecular weight excluding hydrogens is 280 g/mol. The van der Waals surface area contributed by atoms with Gasteiger partial charge in [0.25, 0.3) is 0 Å². The molecule has 2 aromatic carbocycles. The number of hydrogen-bond donors (Lipinski definition) is 0. The Kier molecular flexibility index (Phi) is 2.59. The fraction of sp³-hybridized carbons (Fsp3) is 0.0476. The molecular formula is C21H14N2. The van der Waals surface area contributed by atoms with Crippen LogP contribution in [0.25, 0.3) is 27.5 Å². The molecule has 0 amide bonds. The summed E-state index contributed by atoms with van der Waals surface area (Å²) >= 11 is 0. The smallest absolute Gasteiger partial charge is 0.0971 e. The summed E-state index contributed by atoms with van der Waals surface area (Å²) in [6.45, 7) is 0. The van der Waals surface area contributed by atoms with E-state index >= 15 is 0 Å². The van der Waals surface area contributed by atoms with E-state index < -0.39 is 0 Å². The van der Waals surface area contributed by atoms with E-state index in [1.54, 1.807) is 0 Å². The van der Waals surface area contributed by atoms with Crippen molar-refractivity contribution in [1.82, 2.24) is 9.97 Å². The number of benzene rings is 2. The Morgan fingerprint density at radius 2 is 1.61 bits per heavy atom. The lowest BCUT2D eigenvalue weighted by Crippen LogP contribution is -1.95. The Hall–Kier alpha value is -3.00. The van der Waals surface area contributed by atoms with Crippen molar-refractivity contribution < 1.29 is 0 Å². The summed E-state index contributed by atoms with van der Waals surface area (Å²) < 4.78 is 0. The predicted molar refractivity (Wildman–Crippen MR) is 94.3 cm³/mol. The molecule has 1 aliphatic rings. The van der Waals surface area contributed by atoms with Crippen LogP contribution in [0.4, 0.5) is 0 Å². The topological polar surface area (TPSA) is 25.8 Å². The van der Waals surface area contributed by atoms with Crippen LogP contribution in [-0.4, -0.2) is 9.97 Å². The average molecular weight is 294 g/mol. The van der Waals surface area contributed by atoms with Crippen molar-refractivity contribution in [2.45, 2.75) is 6.42 Å². The Morgan fingerprint density at radius 1 is 0.783 bits per heavy atom. The first-order valence-electron chi connectivity index (χ1n) is 7.84. The fourth-order valence-corrected chi connectivity index (χ4v) is 3.51. The van der Waals surface area contributed by atoms with Crippen molar-refractivity contribution in [1.29, 1.82) is 0 Å². The van der Waals surface area contributed by atoms with Crippen LogP contribution in [0.15, 0.2) is 72.9 Å². The molecule has 0 saturated carbocycles. The van der Waals surface area contributed by atoms with E-state index in [2.05, 4.69) is 53.5 Å². The minimum Gasteiger partial charge on any atom is -0.254 e. The van der Waals surface area contributed by atoms with E-state index in [1.165, 1.54) is 27.6 Å². The highest BCUT2D eigenvalue weighted by Gasteiger charge is 2.20. The van der Waals surface area contributed by atoms with Crippen LogP contribution in [0.2, 0.25) is 0 Å². The number of hydrogen-bond acceptors (Lipinski definition) is 2. The lowest BCUT2D eigenvalue weighted by atomic mass is 9.94. The molecule has 2 heteroatoms. The van der Waals surface area contributed by atoms with Gasteiger partial charge in [0.1, 0.15) is 0 Å². The minimum atomic E-state index is 0.950. The molecule has 0 atom stereocenters. The van der Waals surface area contributed by atoms with Crippen molar-refractivity contribution in [2.75, 3.05) is 0 Å². The molecule has 0 saturated heterocycles. The lowest BCUT2D eigenvalue weighted by Gasteiger charge is -2.12. The zero-order chi connectivity index (χ0) is 15.2. The van der Waals surface area contributed by atoms with E-state index in [9.17, 15) is 0 Å². The van der Waals surface area contributed by atoms with Gasteiger partial charge in [-0.05, 0) is 41.3 Å². The third kappa shape index (κ3) is 1.82. The molecule has 0 radical (unpaired) electrons. The Labute approximate surface area is 134 Å². The lowest BCUT2D eigenvalue weighted by molar-refractivity contribution is 1.31. The molecule has 0 bridgehead atoms. The first-order valence-corrected chi connectivity index (χ1v) is 7.84. The monoisotopic (exact) mass is 294 g/mol. The van der Waals surface area contributed by atoms with Gasteiger partial charge in [0, 0.05) is 17.1 Å². The van der Waals surface area contributed by atoms with E-state index in [-0.39, 0.29) is 0 Å². The Morgan fingerprint density at radius 3 is 2.61 bits per heavy atom. The summed E-state index contributed by atoms with van der Waals surface area (Å²) in [5.74, 6) is 0. The average Bonchev–Trinajstić information content (AvgIpc) is 3.03. The van der Waals surface area contributed by atoms with E-state index in [0.29, 0.717) is 0 Å². The number of para-hydroxylation sites is 1. The fourth-order valence-electron chi connectivity index (χ4n) is 3.51. The molecule has 0 spiro atoms. The molecule has 108 valence electrons. The maximum Gasteiger partial charge on any atom is 0.0971 e. The molecule has 4 aromatic rings. The van der Waals surface area contributed by atoms with Crippen molar-refractivity contribution in [3.8, 4) is 0 Å². The highest BCUT2D eigenvalue weighted by molar-refractivity contribution is 6.07. The third-order valence-corrected chi connectivity index (χ3v) is 4.54. The van der Waals surface area contributed by atoms with E-state index in [4.69, 9.17) is 4.98 Å². The first-order chi connectivity index (χ1) is 11.4. The van der Waals surface area contributed by atoms with Crippen LogP contribution >= 0.6 is 0 Å². The quantitative estimate of drug-likeness (QED) is 0.472. The summed E-state index contributed by atoms with van der Waals surface area (Å²) in [4.78, 5) is 9.42. The van der Waals surface area contributed by atoms with Gasteiger partial charge in [-0.2, -0.15) is 0 Å². The summed E-state index contributed by atoms with van der Waals surface area (Å²) in [7, 11) is 0. The molecule has 2 nitrogen and oxygen atoms in total. The minimum absolute atomic E-state index is 0.950. The van der Waals surface area contributed by atoms with Crippen molar-refractivity contribution >= 4 is 27.5 Å². The molecule has 2 aromatic heterocycles. The zero-order valence-electron chi connectivity index (χ0n) is 12.5. The van der Waals surface area contributed by atoms with Gasteiger partial charge < -0.3 is 0 Å². The zero-order valence-corrected chi connectivity index (χ0v) is 12.5. The van der Waals surface area contributed by atoms with Crippen molar-refractivity contribution in [2.24, 2.45) is 0 Å². The van der Waals surface area contributed by atoms with Gasteiger partial charge >= 0.3 is 0 Å². The number of aromatic nitrogens is 2. The Bertz CT molecular complexity index is 1040. The largest absolute Gasteiger partial charge is 0.254 e. The highest BCUT2D eigenvalue weighted by Crippen LogP contribution is 2.38. The van der Waals surface area contributed by atoms with Gasteiger partial charge in [0.05, 0.1) is 16.6 Å². The number of fused-ring (bicyclic) bond motifs is 3. The van der Waals surface area contributed by atoms with Gasteiger partial charge in [-0.1, -0.05) is 48.5 Å². The second-order valence-corrected chi connectivity index (χ2v) is 5.85. The van der Waals surface area contributed by atoms with Crippen molar-refractivity contribution in [3.05, 3.63) is 89.6 Å². The van der Waals surface area contributed by atoms with Crippen LogP contribution in [0, 0.1) is 0 Å². The van der Waals surface area contributed by atoms with Gasteiger partial charge in [-0.3, -0.25) is 4.98 Å². The maximum absolute atomic E-state index is 4.78. The number of rotatable bonds is 1. The van der Waals surface area contributed by atoms with Crippen LogP contribution in [-0.2, 0) is 6.42 Å². The molecule has 5 rings (SSSR count). The van der Waals surface area contributed by atoms with Crippen LogP contribution < -0.4 is 0 Å². The number of nitrogens with zero attached hydrogens (tertiary/aromatic N) is 2. The first kappa shape index (κ1) is 12.5. The molecule has 0 aliphatic heterocycles. The number of allylic oxidation sites excluding steroid dienone is 1. The second-order valence-electron chi connectivity index (χ2n) is 5.85. The van der Waals surface area contributed by atoms with Crippen LogP contribution in [0.5, 0.6) is 0 Å². The van der Waals surface area contributed by atoms with Gasteiger partial charge in [-0.15, -0.1) is 0 Å². The molecule has 2 heterocycles. The SMILES string of the molecule is C1=C(c2c3ccccc3nc3cccnc23)c2ccccc2C1. The van der Waals surface area contributed by atoms with E-state index in [0.717, 1.165) is 23.0 Å². The molecule has 0 fully saturated rings. The maximum atomic E-state index is 4.78. The standard InChI is InChI=1S/C21H14N2/c1-2-7-15-14(6-1)11-12-16(15)20-17-8-3-4-9-18(17)23-19-10-5-13-22-21(19)20/h1-10,12-13H,11H2.